The van der Waals surface area contributed by atoms with Crippen LogP contribution in [0.25, 0.3) is 0 Å². The first kappa shape index (κ1) is 16.6. The minimum atomic E-state index is -0.785. The smallest absolute Gasteiger partial charge is 0.224 e. The molecule has 0 saturated heterocycles. The Hall–Kier alpha value is -0.420. The maximum absolute atomic E-state index is 11.8. The lowest BCUT2D eigenvalue weighted by Gasteiger charge is -2.24. The quantitative estimate of drug-likeness (QED) is 0.669. The van der Waals surface area contributed by atoms with Crippen LogP contribution in [0.4, 0.5) is 0 Å². The third-order valence-electron chi connectivity index (χ3n) is 2.42. The summed E-state index contributed by atoms with van der Waals surface area (Å²) in [6.07, 6.45) is 3.21. The summed E-state index contributed by atoms with van der Waals surface area (Å²) in [5.74, 6) is 0.527. The number of nitrogens with one attached hydrogen (secondary N) is 1. The van der Waals surface area contributed by atoms with Gasteiger partial charge in [-0.2, -0.15) is 0 Å². The molecule has 0 spiro atoms. The van der Waals surface area contributed by atoms with E-state index in [2.05, 4.69) is 26.1 Å². The maximum Gasteiger partial charge on any atom is 0.224 e. The summed E-state index contributed by atoms with van der Waals surface area (Å²) in [7, 11) is -0.785. The van der Waals surface area contributed by atoms with Gasteiger partial charge in [0.25, 0.3) is 0 Å². The normalized spacial score (nSPS) is 15.4. The Morgan fingerprint density at radius 1 is 1.41 bits per heavy atom. The first-order valence-electron chi connectivity index (χ1n) is 6.04. The molecule has 3 N–H and O–H groups in total. The van der Waals surface area contributed by atoms with E-state index < -0.39 is 10.8 Å². The lowest BCUT2D eigenvalue weighted by Crippen LogP contribution is -2.37. The number of nitrogens with two attached hydrogens (primary N) is 1. The topological polar surface area (TPSA) is 72.2 Å². The van der Waals surface area contributed by atoms with E-state index in [1.807, 2.05) is 0 Å². The van der Waals surface area contributed by atoms with Crippen molar-refractivity contribution in [1.29, 1.82) is 0 Å². The van der Waals surface area contributed by atoms with Crippen molar-refractivity contribution in [3.05, 3.63) is 0 Å². The summed E-state index contributed by atoms with van der Waals surface area (Å²) in [6.45, 7) is 7.26. The molecule has 0 aromatic rings. The molecule has 0 heterocycles. The predicted molar refractivity (Wildman–Crippen MR) is 73.2 cm³/mol. The lowest BCUT2D eigenvalue weighted by molar-refractivity contribution is -0.125. The van der Waals surface area contributed by atoms with Gasteiger partial charge in [-0.15, -0.1) is 0 Å². The van der Waals surface area contributed by atoms with E-state index in [0.717, 1.165) is 12.8 Å². The molecular formula is C12H26N2O2S. The second-order valence-electron chi connectivity index (χ2n) is 5.62. The third kappa shape index (κ3) is 9.30. The van der Waals surface area contributed by atoms with Gasteiger partial charge in [-0.1, -0.05) is 20.8 Å². The van der Waals surface area contributed by atoms with Gasteiger partial charge in [-0.25, -0.2) is 0 Å². The fourth-order valence-electron chi connectivity index (χ4n) is 1.65. The SMILES string of the molecule is CS(=O)CCCNC(=O)C(CN)CC(C)(C)C. The molecule has 0 fully saturated rings. The molecule has 0 radical (unpaired) electrons. The van der Waals surface area contributed by atoms with Gasteiger partial charge in [-0.3, -0.25) is 9.00 Å². The lowest BCUT2D eigenvalue weighted by atomic mass is 9.84. The van der Waals surface area contributed by atoms with E-state index in [-0.39, 0.29) is 17.2 Å². The fourth-order valence-corrected chi connectivity index (χ4v) is 2.20. The standard InChI is InChI=1S/C12H26N2O2S/c1-12(2,3)8-10(9-13)11(15)14-6-5-7-17(4)16/h10H,5-9,13H2,1-4H3,(H,14,15). The summed E-state index contributed by atoms with van der Waals surface area (Å²) in [5.41, 5.74) is 5.73. The number of carbonyl (C=O) groups excluding carboxylic acids is 1. The van der Waals surface area contributed by atoms with Crippen molar-refractivity contribution < 1.29 is 9.00 Å². The monoisotopic (exact) mass is 262 g/mol. The van der Waals surface area contributed by atoms with E-state index in [4.69, 9.17) is 5.73 Å². The summed E-state index contributed by atoms with van der Waals surface area (Å²) in [5, 5.41) is 2.86. The predicted octanol–water partition coefficient (Wildman–Crippen LogP) is 0.882. The largest absolute Gasteiger partial charge is 0.356 e. The van der Waals surface area contributed by atoms with Gasteiger partial charge < -0.3 is 11.1 Å². The van der Waals surface area contributed by atoms with Crippen LogP contribution < -0.4 is 11.1 Å². The third-order valence-corrected chi connectivity index (χ3v) is 3.29. The minimum absolute atomic E-state index is 0.0179. The molecule has 2 atom stereocenters. The van der Waals surface area contributed by atoms with Gasteiger partial charge in [0, 0.05) is 35.9 Å². The molecule has 0 aliphatic carbocycles. The van der Waals surface area contributed by atoms with Crippen LogP contribution in [0.5, 0.6) is 0 Å². The van der Waals surface area contributed by atoms with Gasteiger partial charge in [-0.05, 0) is 18.3 Å². The van der Waals surface area contributed by atoms with Crippen LogP contribution in [0.2, 0.25) is 0 Å². The molecule has 0 aromatic heterocycles. The Morgan fingerprint density at radius 3 is 2.41 bits per heavy atom. The first-order valence-corrected chi connectivity index (χ1v) is 7.77. The average molecular weight is 262 g/mol. The van der Waals surface area contributed by atoms with Gasteiger partial charge in [0.1, 0.15) is 0 Å². The molecule has 0 aromatic carbocycles. The van der Waals surface area contributed by atoms with Gasteiger partial charge in [0.15, 0.2) is 0 Å². The second-order valence-corrected chi connectivity index (χ2v) is 7.17. The average Bonchev–Trinajstić information content (AvgIpc) is 2.19. The number of hydrogen-bond donors (Lipinski definition) is 2. The van der Waals surface area contributed by atoms with E-state index >= 15 is 0 Å². The van der Waals surface area contributed by atoms with Crippen molar-refractivity contribution in [1.82, 2.24) is 5.32 Å². The van der Waals surface area contributed by atoms with Crippen molar-refractivity contribution in [2.24, 2.45) is 17.1 Å². The van der Waals surface area contributed by atoms with Crippen molar-refractivity contribution in [2.75, 3.05) is 25.1 Å². The Labute approximate surface area is 107 Å². The van der Waals surface area contributed by atoms with Gasteiger partial charge >= 0.3 is 0 Å². The fraction of sp³-hybridized carbons (Fsp3) is 0.917. The van der Waals surface area contributed by atoms with Crippen LogP contribution in [0, 0.1) is 11.3 Å². The summed E-state index contributed by atoms with van der Waals surface area (Å²) in [4.78, 5) is 11.8. The van der Waals surface area contributed by atoms with Crippen molar-refractivity contribution in [3.8, 4) is 0 Å². The Bertz CT molecular complexity index is 262. The Kier molecular flexibility index (Phi) is 7.63. The molecule has 17 heavy (non-hydrogen) atoms. The van der Waals surface area contributed by atoms with Crippen molar-refractivity contribution in [2.45, 2.75) is 33.6 Å². The number of hydrogen-bond acceptors (Lipinski definition) is 3. The number of rotatable bonds is 7. The van der Waals surface area contributed by atoms with E-state index in [1.165, 1.54) is 0 Å². The Balaban J connectivity index is 3.97. The molecule has 0 rings (SSSR count). The molecule has 0 saturated carbocycles. The molecule has 2 unspecified atom stereocenters. The molecule has 4 nitrogen and oxygen atoms in total. The summed E-state index contributed by atoms with van der Waals surface area (Å²) < 4.78 is 10.8. The van der Waals surface area contributed by atoms with Gasteiger partial charge in [0.05, 0.1) is 5.92 Å². The zero-order chi connectivity index (χ0) is 13.5. The summed E-state index contributed by atoms with van der Waals surface area (Å²) >= 11 is 0. The van der Waals surface area contributed by atoms with Crippen LogP contribution in [-0.4, -0.2) is 35.2 Å². The highest BCUT2D eigenvalue weighted by Gasteiger charge is 2.23. The van der Waals surface area contributed by atoms with Crippen LogP contribution in [0.1, 0.15) is 33.6 Å². The van der Waals surface area contributed by atoms with E-state index in [0.29, 0.717) is 18.8 Å². The van der Waals surface area contributed by atoms with Crippen molar-refractivity contribution >= 4 is 16.7 Å². The first-order chi connectivity index (χ1) is 7.76. The highest BCUT2D eigenvalue weighted by Crippen LogP contribution is 2.23. The van der Waals surface area contributed by atoms with E-state index in [1.54, 1.807) is 6.26 Å². The molecule has 5 heteroatoms. The minimum Gasteiger partial charge on any atom is -0.356 e. The van der Waals surface area contributed by atoms with E-state index in [9.17, 15) is 9.00 Å². The molecule has 1 amide bonds. The molecule has 0 aliphatic heterocycles. The highest BCUT2D eigenvalue weighted by atomic mass is 32.2. The maximum atomic E-state index is 11.8. The zero-order valence-electron chi connectivity index (χ0n) is 11.4. The molecular weight excluding hydrogens is 236 g/mol. The van der Waals surface area contributed by atoms with Crippen LogP contribution in [-0.2, 0) is 15.6 Å². The zero-order valence-corrected chi connectivity index (χ0v) is 12.2. The molecule has 0 bridgehead atoms. The Morgan fingerprint density at radius 2 is 2.00 bits per heavy atom. The van der Waals surface area contributed by atoms with Gasteiger partial charge in [0.2, 0.25) is 5.91 Å². The highest BCUT2D eigenvalue weighted by molar-refractivity contribution is 7.84. The van der Waals surface area contributed by atoms with Crippen LogP contribution in [0.3, 0.4) is 0 Å². The van der Waals surface area contributed by atoms with Crippen LogP contribution in [0.15, 0.2) is 0 Å². The van der Waals surface area contributed by atoms with Crippen molar-refractivity contribution in [3.63, 3.8) is 0 Å². The molecule has 102 valence electrons. The summed E-state index contributed by atoms with van der Waals surface area (Å²) in [6, 6.07) is 0. The van der Waals surface area contributed by atoms with Crippen LogP contribution >= 0.6 is 0 Å². The molecule has 0 aliphatic rings. The number of amides is 1. The number of carbonyl (C=O) groups is 1. The second kappa shape index (κ2) is 7.82.